The smallest absolute Gasteiger partial charge is 0.331 e. The summed E-state index contributed by atoms with van der Waals surface area (Å²) in [6.45, 7) is 6.17. The first-order chi connectivity index (χ1) is 7.06. The summed E-state index contributed by atoms with van der Waals surface area (Å²) in [5.74, 6) is -0.918. The first-order valence-corrected chi connectivity index (χ1v) is 5.10. The predicted molar refractivity (Wildman–Crippen MR) is 54.0 cm³/mol. The van der Waals surface area contributed by atoms with Crippen molar-refractivity contribution in [3.8, 4) is 0 Å². The molecule has 0 aromatic heterocycles. The molecule has 1 rings (SSSR count). The molecule has 0 aliphatic carbocycles. The number of carbonyl (C=O) groups is 2. The molecule has 0 aromatic rings. The van der Waals surface area contributed by atoms with E-state index in [-0.39, 0.29) is 30.4 Å². The molecule has 15 heavy (non-hydrogen) atoms. The number of ether oxygens (including phenoxy) is 2. The van der Waals surface area contributed by atoms with Gasteiger partial charge in [0.25, 0.3) is 0 Å². The third kappa shape index (κ3) is 2.81. The van der Waals surface area contributed by atoms with E-state index in [0.717, 1.165) is 0 Å². The number of hydrogen-bond acceptors (Lipinski definition) is 4. The van der Waals surface area contributed by atoms with Crippen LogP contribution in [0.2, 0.25) is 0 Å². The van der Waals surface area contributed by atoms with E-state index in [1.807, 2.05) is 13.8 Å². The van der Waals surface area contributed by atoms with E-state index in [1.54, 1.807) is 6.92 Å². The van der Waals surface area contributed by atoms with Crippen molar-refractivity contribution in [3.63, 3.8) is 0 Å². The van der Waals surface area contributed by atoms with Crippen molar-refractivity contribution < 1.29 is 19.1 Å². The van der Waals surface area contributed by atoms with E-state index in [1.165, 1.54) is 6.08 Å². The van der Waals surface area contributed by atoms with Crippen molar-refractivity contribution >= 4 is 11.9 Å². The number of rotatable bonds is 4. The lowest BCUT2D eigenvalue weighted by molar-refractivity contribution is -0.148. The van der Waals surface area contributed by atoms with Gasteiger partial charge in [0, 0.05) is 6.08 Å². The third-order valence-corrected chi connectivity index (χ3v) is 2.29. The van der Waals surface area contributed by atoms with Gasteiger partial charge in [-0.05, 0) is 18.4 Å². The SMILES string of the molecule is CCOC(=O)C(C1=CC(=O)OC1)C(C)C. The van der Waals surface area contributed by atoms with Gasteiger partial charge >= 0.3 is 11.9 Å². The van der Waals surface area contributed by atoms with Crippen molar-refractivity contribution in [1.29, 1.82) is 0 Å². The number of esters is 2. The second-order valence-corrected chi connectivity index (χ2v) is 3.80. The average molecular weight is 212 g/mol. The van der Waals surface area contributed by atoms with Crippen molar-refractivity contribution in [2.75, 3.05) is 13.2 Å². The zero-order valence-electron chi connectivity index (χ0n) is 9.28. The summed E-state index contributed by atoms with van der Waals surface area (Å²) in [6, 6.07) is 0. The Kier molecular flexibility index (Phi) is 3.88. The molecule has 0 radical (unpaired) electrons. The number of hydrogen-bond donors (Lipinski definition) is 0. The standard InChI is InChI=1S/C11H16O4/c1-4-14-11(13)10(7(2)3)8-5-9(12)15-6-8/h5,7,10H,4,6H2,1-3H3. The maximum atomic E-state index is 11.6. The van der Waals surface area contributed by atoms with Crippen molar-refractivity contribution in [1.82, 2.24) is 0 Å². The van der Waals surface area contributed by atoms with Crippen LogP contribution in [0.1, 0.15) is 20.8 Å². The lowest BCUT2D eigenvalue weighted by Crippen LogP contribution is -2.25. The van der Waals surface area contributed by atoms with Gasteiger partial charge < -0.3 is 9.47 Å². The molecule has 4 heteroatoms. The van der Waals surface area contributed by atoms with Gasteiger partial charge in [-0.1, -0.05) is 13.8 Å². The van der Waals surface area contributed by atoms with Crippen LogP contribution in [0.15, 0.2) is 11.6 Å². The highest BCUT2D eigenvalue weighted by Gasteiger charge is 2.31. The Hall–Kier alpha value is -1.32. The van der Waals surface area contributed by atoms with Gasteiger partial charge in [0.05, 0.1) is 12.5 Å². The highest BCUT2D eigenvalue weighted by molar-refractivity contribution is 5.88. The molecule has 0 amide bonds. The van der Waals surface area contributed by atoms with Gasteiger partial charge in [-0.15, -0.1) is 0 Å². The number of cyclic esters (lactones) is 1. The van der Waals surface area contributed by atoms with Crippen molar-refractivity contribution in [2.45, 2.75) is 20.8 Å². The molecule has 0 N–H and O–H groups in total. The second-order valence-electron chi connectivity index (χ2n) is 3.80. The molecule has 0 spiro atoms. The fourth-order valence-electron chi connectivity index (χ4n) is 1.65. The normalized spacial score (nSPS) is 17.3. The quantitative estimate of drug-likeness (QED) is 0.659. The zero-order chi connectivity index (χ0) is 11.4. The highest BCUT2D eigenvalue weighted by atomic mass is 16.5. The Morgan fingerprint density at radius 3 is 2.67 bits per heavy atom. The van der Waals surface area contributed by atoms with Crippen molar-refractivity contribution in [3.05, 3.63) is 11.6 Å². The average Bonchev–Trinajstić information content (AvgIpc) is 2.51. The van der Waals surface area contributed by atoms with Crippen LogP contribution in [-0.4, -0.2) is 25.2 Å². The maximum absolute atomic E-state index is 11.6. The summed E-state index contributed by atoms with van der Waals surface area (Å²) < 4.78 is 9.75. The molecule has 0 fully saturated rings. The van der Waals surface area contributed by atoms with Crippen LogP contribution in [0.3, 0.4) is 0 Å². The topological polar surface area (TPSA) is 52.6 Å². The maximum Gasteiger partial charge on any atom is 0.331 e. The minimum absolute atomic E-state index is 0.102. The van der Waals surface area contributed by atoms with Crippen LogP contribution >= 0.6 is 0 Å². The molecule has 84 valence electrons. The Labute approximate surface area is 89.2 Å². The molecule has 1 aliphatic rings. The van der Waals surface area contributed by atoms with E-state index in [0.29, 0.717) is 12.2 Å². The minimum Gasteiger partial charge on any atom is -0.466 e. The van der Waals surface area contributed by atoms with Crippen LogP contribution in [0.4, 0.5) is 0 Å². The van der Waals surface area contributed by atoms with E-state index in [2.05, 4.69) is 0 Å². The molecular weight excluding hydrogens is 196 g/mol. The molecule has 1 atom stereocenters. The Bertz CT molecular complexity index is 291. The van der Waals surface area contributed by atoms with Gasteiger partial charge in [0.1, 0.15) is 6.61 Å². The predicted octanol–water partition coefficient (Wildman–Crippen LogP) is 1.30. The van der Waals surface area contributed by atoms with E-state index in [4.69, 9.17) is 9.47 Å². The summed E-state index contributed by atoms with van der Waals surface area (Å²) in [4.78, 5) is 22.6. The first-order valence-electron chi connectivity index (χ1n) is 5.10. The summed E-state index contributed by atoms with van der Waals surface area (Å²) >= 11 is 0. The first kappa shape index (κ1) is 11.8. The largest absolute Gasteiger partial charge is 0.466 e. The van der Waals surface area contributed by atoms with Gasteiger partial charge in [0.15, 0.2) is 0 Å². The summed E-state index contributed by atoms with van der Waals surface area (Å²) in [6.07, 6.45) is 1.39. The van der Waals surface area contributed by atoms with Gasteiger partial charge in [0.2, 0.25) is 0 Å². The molecule has 0 saturated heterocycles. The zero-order valence-corrected chi connectivity index (χ0v) is 9.28. The van der Waals surface area contributed by atoms with E-state index >= 15 is 0 Å². The summed E-state index contributed by atoms with van der Waals surface area (Å²) in [7, 11) is 0. The molecule has 0 saturated carbocycles. The van der Waals surface area contributed by atoms with Crippen LogP contribution in [0, 0.1) is 11.8 Å². The molecule has 0 bridgehead atoms. The minimum atomic E-state index is -0.375. The molecule has 1 unspecified atom stereocenters. The van der Waals surface area contributed by atoms with Crippen LogP contribution in [0.25, 0.3) is 0 Å². The Morgan fingerprint density at radius 1 is 1.60 bits per heavy atom. The second kappa shape index (κ2) is 4.96. The van der Waals surface area contributed by atoms with E-state index < -0.39 is 0 Å². The number of carbonyl (C=O) groups excluding carboxylic acids is 2. The van der Waals surface area contributed by atoms with E-state index in [9.17, 15) is 9.59 Å². The van der Waals surface area contributed by atoms with Crippen molar-refractivity contribution in [2.24, 2.45) is 11.8 Å². The Morgan fingerprint density at radius 2 is 2.27 bits per heavy atom. The van der Waals surface area contributed by atoms with Crippen LogP contribution in [-0.2, 0) is 19.1 Å². The molecule has 1 aliphatic heterocycles. The molecule has 1 heterocycles. The molecular formula is C11H16O4. The van der Waals surface area contributed by atoms with Crippen LogP contribution in [0.5, 0.6) is 0 Å². The third-order valence-electron chi connectivity index (χ3n) is 2.29. The lowest BCUT2D eigenvalue weighted by atomic mass is 9.89. The lowest BCUT2D eigenvalue weighted by Gasteiger charge is -2.19. The van der Waals surface area contributed by atoms with Crippen LogP contribution < -0.4 is 0 Å². The fraction of sp³-hybridized carbons (Fsp3) is 0.636. The molecule has 4 nitrogen and oxygen atoms in total. The summed E-state index contributed by atoms with van der Waals surface area (Å²) in [5, 5.41) is 0. The fourth-order valence-corrected chi connectivity index (χ4v) is 1.65. The Balaban J connectivity index is 2.79. The van der Waals surface area contributed by atoms with Gasteiger partial charge in [-0.3, -0.25) is 4.79 Å². The monoisotopic (exact) mass is 212 g/mol. The highest BCUT2D eigenvalue weighted by Crippen LogP contribution is 2.25. The molecule has 0 aromatic carbocycles. The summed E-state index contributed by atoms with van der Waals surface area (Å²) in [5.41, 5.74) is 0.716. The van der Waals surface area contributed by atoms with Gasteiger partial charge in [-0.25, -0.2) is 4.79 Å². The van der Waals surface area contributed by atoms with Gasteiger partial charge in [-0.2, -0.15) is 0 Å².